The van der Waals surface area contributed by atoms with E-state index in [9.17, 15) is 0 Å². The second-order valence-electron chi connectivity index (χ2n) is 14.6. The molecule has 1 rings (SSSR count). The number of hydrogen-bond acceptors (Lipinski definition) is 3. The average molecular weight is 670 g/mol. The van der Waals surface area contributed by atoms with Crippen LogP contribution in [0.25, 0.3) is 0 Å². The third kappa shape index (κ3) is 30.9. The molecule has 2 atom stereocenters. The molecule has 0 aromatic carbocycles. The van der Waals surface area contributed by atoms with Gasteiger partial charge in [-0.25, -0.2) is 0 Å². The first kappa shape index (κ1) is 44.9. The summed E-state index contributed by atoms with van der Waals surface area (Å²) in [5, 5.41) is 0. The first-order chi connectivity index (χ1) is 23.8. The highest BCUT2D eigenvalue weighted by Crippen LogP contribution is 2.18. The van der Waals surface area contributed by atoms with Crippen LogP contribution in [-0.4, -0.2) is 50.0 Å². The second-order valence-corrected chi connectivity index (χ2v) is 14.6. The minimum atomic E-state index is 0.250. The third-order valence-corrected chi connectivity index (χ3v) is 9.92. The van der Waals surface area contributed by atoms with Crippen LogP contribution in [0.1, 0.15) is 194 Å². The summed E-state index contributed by atoms with van der Waals surface area (Å²) in [6, 6.07) is 0.734. The monoisotopic (exact) mass is 670 g/mol. The Morgan fingerprint density at radius 2 is 1.02 bits per heavy atom. The lowest BCUT2D eigenvalue weighted by Crippen LogP contribution is -2.32. The molecule has 280 valence electrons. The molecular weight excluding hydrogens is 587 g/mol. The zero-order chi connectivity index (χ0) is 34.4. The highest BCUT2D eigenvalue weighted by Gasteiger charge is 2.21. The first-order valence-corrected chi connectivity index (χ1v) is 21.3. The maximum atomic E-state index is 6.41. The Morgan fingerprint density at radius 3 is 1.50 bits per heavy atom. The van der Waals surface area contributed by atoms with Crippen LogP contribution < -0.4 is 0 Å². The summed E-state index contributed by atoms with van der Waals surface area (Å²) in [5.74, 6) is 0. The first-order valence-electron chi connectivity index (χ1n) is 21.3. The smallest absolute Gasteiger partial charge is 0.0820 e. The largest absolute Gasteiger partial charge is 0.379 e. The zero-order valence-corrected chi connectivity index (χ0v) is 32.7. The molecule has 0 saturated carbocycles. The minimum Gasteiger partial charge on any atom is -0.379 e. The minimum absolute atomic E-state index is 0.250. The van der Waals surface area contributed by atoms with Crippen LogP contribution in [0, 0.1) is 0 Å². The molecule has 0 N–H and O–H groups in total. The molecule has 0 amide bonds. The number of ether oxygens (including phenoxy) is 2. The van der Waals surface area contributed by atoms with Gasteiger partial charge in [0.25, 0.3) is 0 Å². The highest BCUT2D eigenvalue weighted by atomic mass is 16.5. The summed E-state index contributed by atoms with van der Waals surface area (Å²) >= 11 is 0. The van der Waals surface area contributed by atoms with E-state index in [4.69, 9.17) is 9.47 Å². The van der Waals surface area contributed by atoms with Crippen molar-refractivity contribution in [1.82, 2.24) is 4.90 Å². The fourth-order valence-electron chi connectivity index (χ4n) is 6.60. The van der Waals surface area contributed by atoms with Gasteiger partial charge in [0.15, 0.2) is 0 Å². The lowest BCUT2D eigenvalue weighted by Gasteiger charge is -2.24. The van der Waals surface area contributed by atoms with Gasteiger partial charge in [0, 0.05) is 25.8 Å². The van der Waals surface area contributed by atoms with Gasteiger partial charge in [0.1, 0.15) is 0 Å². The lowest BCUT2D eigenvalue weighted by atomic mass is 10.1. The van der Waals surface area contributed by atoms with Gasteiger partial charge in [-0.1, -0.05) is 140 Å². The van der Waals surface area contributed by atoms with Gasteiger partial charge in [-0.3, -0.25) is 0 Å². The number of hydrogen-bond donors (Lipinski definition) is 0. The molecule has 1 saturated heterocycles. The standard InChI is InChI=1S/C45H83NO2/c1-4-6-8-10-12-14-16-18-20-22-24-26-28-30-32-34-41-47-43-45(38-40-46-39-36-37-44(46)3)48-42-35-33-31-29-27-25-23-21-19-17-15-13-11-9-7-5-2/h12-15,18-21,44-45H,4-11,16-17,22-43H2,1-3H3/b14-12-,15-13-,20-18-,21-19-. The maximum Gasteiger partial charge on any atom is 0.0820 e. The topological polar surface area (TPSA) is 21.7 Å². The Morgan fingerprint density at radius 1 is 0.562 bits per heavy atom. The van der Waals surface area contributed by atoms with E-state index in [-0.39, 0.29) is 6.10 Å². The van der Waals surface area contributed by atoms with Crippen LogP contribution in [0.4, 0.5) is 0 Å². The molecule has 3 heteroatoms. The number of unbranched alkanes of at least 4 members (excludes halogenated alkanes) is 18. The van der Waals surface area contributed by atoms with Crippen molar-refractivity contribution in [1.29, 1.82) is 0 Å². The quantitative estimate of drug-likeness (QED) is 0.0489. The lowest BCUT2D eigenvalue weighted by molar-refractivity contribution is -0.0265. The van der Waals surface area contributed by atoms with Crippen molar-refractivity contribution < 1.29 is 9.47 Å². The normalized spacial score (nSPS) is 16.6. The Labute approximate surface area is 301 Å². The average Bonchev–Trinajstić information content (AvgIpc) is 3.51. The predicted molar refractivity (Wildman–Crippen MR) is 214 cm³/mol. The van der Waals surface area contributed by atoms with Crippen molar-refractivity contribution in [3.05, 3.63) is 48.6 Å². The molecular formula is C45H83NO2. The van der Waals surface area contributed by atoms with Gasteiger partial charge in [-0.15, -0.1) is 0 Å². The number of likely N-dealkylation sites (tertiary alicyclic amines) is 1. The molecule has 0 radical (unpaired) electrons. The van der Waals surface area contributed by atoms with Crippen LogP contribution >= 0.6 is 0 Å². The Hall–Kier alpha value is -1.16. The van der Waals surface area contributed by atoms with Gasteiger partial charge in [0.05, 0.1) is 12.7 Å². The van der Waals surface area contributed by atoms with Gasteiger partial charge in [-0.2, -0.15) is 0 Å². The van der Waals surface area contributed by atoms with Crippen LogP contribution in [0.5, 0.6) is 0 Å². The second kappa shape index (κ2) is 37.1. The van der Waals surface area contributed by atoms with E-state index in [1.54, 1.807) is 0 Å². The maximum absolute atomic E-state index is 6.41. The number of allylic oxidation sites excluding steroid dienone is 8. The molecule has 0 aliphatic carbocycles. The van der Waals surface area contributed by atoms with Crippen LogP contribution in [0.3, 0.4) is 0 Å². The molecule has 48 heavy (non-hydrogen) atoms. The van der Waals surface area contributed by atoms with E-state index >= 15 is 0 Å². The number of nitrogens with zero attached hydrogens (tertiary/aromatic N) is 1. The zero-order valence-electron chi connectivity index (χ0n) is 32.7. The van der Waals surface area contributed by atoms with Gasteiger partial charge in [0.2, 0.25) is 0 Å². The highest BCUT2D eigenvalue weighted by molar-refractivity contribution is 4.93. The Kier molecular flexibility index (Phi) is 34.7. The van der Waals surface area contributed by atoms with E-state index in [1.165, 1.54) is 161 Å². The molecule has 3 nitrogen and oxygen atoms in total. The van der Waals surface area contributed by atoms with E-state index in [2.05, 4.69) is 74.3 Å². The van der Waals surface area contributed by atoms with Gasteiger partial charge >= 0.3 is 0 Å². The van der Waals surface area contributed by atoms with Crippen molar-refractivity contribution in [3.63, 3.8) is 0 Å². The molecule has 0 bridgehead atoms. The van der Waals surface area contributed by atoms with Crippen LogP contribution in [0.2, 0.25) is 0 Å². The predicted octanol–water partition coefficient (Wildman–Crippen LogP) is 13.9. The molecule has 1 heterocycles. The van der Waals surface area contributed by atoms with Crippen LogP contribution in [0.15, 0.2) is 48.6 Å². The molecule has 1 fully saturated rings. The van der Waals surface area contributed by atoms with E-state index in [1.807, 2.05) is 0 Å². The fraction of sp³-hybridized carbons (Fsp3) is 0.822. The van der Waals surface area contributed by atoms with E-state index < -0.39 is 0 Å². The van der Waals surface area contributed by atoms with Gasteiger partial charge in [-0.05, 0) is 110 Å². The molecule has 1 aliphatic heterocycles. The molecule has 2 unspecified atom stereocenters. The van der Waals surface area contributed by atoms with Crippen molar-refractivity contribution in [2.45, 2.75) is 206 Å². The fourth-order valence-corrected chi connectivity index (χ4v) is 6.60. The summed E-state index contributed by atoms with van der Waals surface area (Å²) in [6.07, 6.45) is 53.8. The summed E-state index contributed by atoms with van der Waals surface area (Å²) in [7, 11) is 0. The summed E-state index contributed by atoms with van der Waals surface area (Å²) in [4.78, 5) is 2.65. The van der Waals surface area contributed by atoms with Gasteiger partial charge < -0.3 is 14.4 Å². The SMILES string of the molecule is CCCCC/C=C\C/C=C\CCCCCCCCOCC(CCN1CCCC1C)OCCCCCCCC/C=C\C/C=C\CCCCC. The molecule has 0 aromatic rings. The molecule has 0 spiro atoms. The van der Waals surface area contributed by atoms with Crippen molar-refractivity contribution in [2.24, 2.45) is 0 Å². The van der Waals surface area contributed by atoms with Crippen molar-refractivity contribution in [3.8, 4) is 0 Å². The molecule has 1 aliphatic rings. The third-order valence-electron chi connectivity index (χ3n) is 9.92. The molecule has 0 aromatic heterocycles. The number of rotatable bonds is 36. The Bertz CT molecular complexity index is 756. The summed E-state index contributed by atoms with van der Waals surface area (Å²) in [6.45, 7) is 11.9. The Balaban J connectivity index is 2.04. The van der Waals surface area contributed by atoms with Crippen molar-refractivity contribution in [2.75, 3.05) is 32.9 Å². The van der Waals surface area contributed by atoms with E-state index in [0.717, 1.165) is 51.7 Å². The summed E-state index contributed by atoms with van der Waals surface area (Å²) in [5.41, 5.74) is 0. The van der Waals surface area contributed by atoms with Crippen LogP contribution in [-0.2, 0) is 9.47 Å². The van der Waals surface area contributed by atoms with E-state index in [0.29, 0.717) is 0 Å². The van der Waals surface area contributed by atoms with Crippen molar-refractivity contribution >= 4 is 0 Å². The summed E-state index contributed by atoms with van der Waals surface area (Å²) < 4.78 is 12.6.